The molecule has 14 heavy (non-hydrogen) atoms. The lowest BCUT2D eigenvalue weighted by atomic mass is 9.75. The van der Waals surface area contributed by atoms with Crippen LogP contribution in [-0.2, 0) is 0 Å². The Hall–Kier alpha value is -0.590. The van der Waals surface area contributed by atoms with Gasteiger partial charge in [-0.2, -0.15) is 4.37 Å². The maximum atomic E-state index is 12.6. The van der Waals surface area contributed by atoms with Crippen molar-refractivity contribution < 1.29 is 8.78 Å². The summed E-state index contributed by atoms with van der Waals surface area (Å²) in [4.78, 5) is 0. The van der Waals surface area contributed by atoms with E-state index in [1.54, 1.807) is 0 Å². The van der Waals surface area contributed by atoms with Gasteiger partial charge in [0.15, 0.2) is 0 Å². The zero-order chi connectivity index (χ0) is 10.2. The fourth-order valence-electron chi connectivity index (χ4n) is 1.79. The van der Waals surface area contributed by atoms with Crippen molar-refractivity contribution in [3.05, 3.63) is 17.1 Å². The van der Waals surface area contributed by atoms with E-state index < -0.39 is 5.92 Å². The van der Waals surface area contributed by atoms with Crippen LogP contribution in [-0.4, -0.2) is 10.3 Å². The molecule has 6 heteroatoms. The number of rotatable bonds is 3. The summed E-state index contributed by atoms with van der Waals surface area (Å²) in [5, 5.41) is 1.82. The number of aromatic nitrogens is 1. The van der Waals surface area contributed by atoms with Gasteiger partial charge in [-0.05, 0) is 23.5 Å². The summed E-state index contributed by atoms with van der Waals surface area (Å²) in [5.74, 6) is 2.73. The van der Waals surface area contributed by atoms with Gasteiger partial charge in [0.25, 0.3) is 0 Å². The third-order valence-electron chi connectivity index (χ3n) is 2.55. The number of hydrogen-bond acceptors (Lipinski definition) is 4. The van der Waals surface area contributed by atoms with Crippen LogP contribution in [0.2, 0.25) is 0 Å². The van der Waals surface area contributed by atoms with Crippen LogP contribution >= 0.6 is 11.5 Å². The zero-order valence-electron chi connectivity index (χ0n) is 7.41. The van der Waals surface area contributed by atoms with Gasteiger partial charge in [-0.15, -0.1) is 0 Å². The highest BCUT2D eigenvalue weighted by molar-refractivity contribution is 7.03. The van der Waals surface area contributed by atoms with E-state index in [9.17, 15) is 8.78 Å². The topological polar surface area (TPSA) is 50.9 Å². The first-order valence-corrected chi connectivity index (χ1v) is 5.20. The third kappa shape index (κ3) is 1.77. The fraction of sp³-hybridized carbons (Fsp3) is 0.625. The number of hydrogen-bond donors (Lipinski definition) is 2. The fourth-order valence-corrected chi connectivity index (χ4v) is 2.35. The molecule has 1 aliphatic carbocycles. The molecule has 1 aromatic heterocycles. The largest absolute Gasteiger partial charge is 0.271 e. The Labute approximate surface area is 84.4 Å². The quantitative estimate of drug-likeness (QED) is 0.601. The van der Waals surface area contributed by atoms with Gasteiger partial charge in [0.05, 0.1) is 11.7 Å². The third-order valence-corrected chi connectivity index (χ3v) is 3.12. The summed E-state index contributed by atoms with van der Waals surface area (Å²) in [7, 11) is 0. The SMILES string of the molecule is NNC(c1ccsn1)C1CC(F)(F)C1. The first kappa shape index (κ1) is 9.95. The summed E-state index contributed by atoms with van der Waals surface area (Å²) < 4.78 is 29.4. The molecule has 2 rings (SSSR count). The Morgan fingerprint density at radius 1 is 1.64 bits per heavy atom. The molecule has 78 valence electrons. The second-order valence-corrected chi connectivity index (χ2v) is 4.26. The van der Waals surface area contributed by atoms with Crippen LogP contribution in [0.25, 0.3) is 0 Å². The van der Waals surface area contributed by atoms with E-state index in [4.69, 9.17) is 5.84 Å². The van der Waals surface area contributed by atoms with Crippen molar-refractivity contribution in [2.24, 2.45) is 11.8 Å². The van der Waals surface area contributed by atoms with E-state index in [0.717, 1.165) is 5.69 Å². The zero-order valence-corrected chi connectivity index (χ0v) is 8.23. The van der Waals surface area contributed by atoms with Crippen molar-refractivity contribution in [3.8, 4) is 0 Å². The van der Waals surface area contributed by atoms with E-state index in [-0.39, 0.29) is 24.8 Å². The molecule has 1 aliphatic rings. The summed E-state index contributed by atoms with van der Waals surface area (Å²) in [6.07, 6.45) is -0.196. The van der Waals surface area contributed by atoms with Crippen molar-refractivity contribution in [1.82, 2.24) is 9.80 Å². The Balaban J connectivity index is 2.02. The molecule has 3 N–H and O–H groups in total. The molecule has 1 fully saturated rings. The van der Waals surface area contributed by atoms with Gasteiger partial charge >= 0.3 is 0 Å². The molecule has 0 amide bonds. The Morgan fingerprint density at radius 3 is 2.79 bits per heavy atom. The minimum Gasteiger partial charge on any atom is -0.271 e. The molecule has 0 radical (unpaired) electrons. The second-order valence-electron chi connectivity index (χ2n) is 3.59. The number of hydrazine groups is 1. The highest BCUT2D eigenvalue weighted by Gasteiger charge is 2.48. The molecule has 0 spiro atoms. The smallest absolute Gasteiger partial charge is 0.248 e. The average molecular weight is 219 g/mol. The molecule has 1 heterocycles. The van der Waals surface area contributed by atoms with Gasteiger partial charge in [-0.3, -0.25) is 11.3 Å². The molecule has 3 nitrogen and oxygen atoms in total. The molecule has 0 saturated heterocycles. The first-order valence-electron chi connectivity index (χ1n) is 4.36. The summed E-state index contributed by atoms with van der Waals surface area (Å²) in [6.45, 7) is 0. The highest BCUT2D eigenvalue weighted by Crippen LogP contribution is 2.47. The van der Waals surface area contributed by atoms with Gasteiger partial charge in [0, 0.05) is 18.2 Å². The number of nitrogens with two attached hydrogens (primary N) is 1. The first-order chi connectivity index (χ1) is 6.62. The van der Waals surface area contributed by atoms with Crippen LogP contribution in [0.1, 0.15) is 24.6 Å². The lowest BCUT2D eigenvalue weighted by Crippen LogP contribution is -2.45. The van der Waals surface area contributed by atoms with E-state index in [1.807, 2.05) is 11.4 Å². The van der Waals surface area contributed by atoms with Crippen LogP contribution in [0.15, 0.2) is 11.4 Å². The number of alkyl halides is 2. The molecular formula is C8H11F2N3S. The summed E-state index contributed by atoms with van der Waals surface area (Å²) >= 11 is 1.30. The van der Waals surface area contributed by atoms with Crippen molar-refractivity contribution >= 4 is 11.5 Å². The minimum atomic E-state index is -2.50. The van der Waals surface area contributed by atoms with Gasteiger partial charge in [-0.1, -0.05) is 0 Å². The molecule has 0 bridgehead atoms. The van der Waals surface area contributed by atoms with Gasteiger partial charge < -0.3 is 0 Å². The number of nitrogens with zero attached hydrogens (tertiary/aromatic N) is 1. The Bertz CT molecular complexity index is 294. The van der Waals surface area contributed by atoms with Crippen molar-refractivity contribution in [1.29, 1.82) is 0 Å². The lowest BCUT2D eigenvalue weighted by Gasteiger charge is -2.39. The lowest BCUT2D eigenvalue weighted by molar-refractivity contribution is -0.120. The molecule has 1 unspecified atom stereocenters. The summed E-state index contributed by atoms with van der Waals surface area (Å²) in [5.41, 5.74) is 3.32. The van der Waals surface area contributed by atoms with Crippen LogP contribution in [0.4, 0.5) is 8.78 Å². The number of halogens is 2. The molecule has 1 aromatic rings. The predicted octanol–water partition coefficient (Wildman–Crippen LogP) is 1.69. The highest BCUT2D eigenvalue weighted by atomic mass is 32.1. The van der Waals surface area contributed by atoms with E-state index in [0.29, 0.717) is 0 Å². The maximum Gasteiger partial charge on any atom is 0.248 e. The minimum absolute atomic E-state index is 0.0978. The normalized spacial score (nSPS) is 23.1. The average Bonchev–Trinajstić information content (AvgIpc) is 2.55. The molecule has 1 saturated carbocycles. The van der Waals surface area contributed by atoms with E-state index >= 15 is 0 Å². The van der Waals surface area contributed by atoms with Gasteiger partial charge in [0.2, 0.25) is 5.92 Å². The van der Waals surface area contributed by atoms with Gasteiger partial charge in [-0.25, -0.2) is 8.78 Å². The van der Waals surface area contributed by atoms with Crippen molar-refractivity contribution in [2.45, 2.75) is 24.8 Å². The van der Waals surface area contributed by atoms with E-state index in [1.165, 1.54) is 11.5 Å². The second kappa shape index (κ2) is 3.52. The predicted molar refractivity (Wildman–Crippen MR) is 49.8 cm³/mol. The Morgan fingerprint density at radius 2 is 2.36 bits per heavy atom. The van der Waals surface area contributed by atoms with Crippen LogP contribution < -0.4 is 11.3 Å². The molecule has 1 atom stereocenters. The molecule has 0 aliphatic heterocycles. The molecule has 0 aromatic carbocycles. The van der Waals surface area contributed by atoms with Gasteiger partial charge in [0.1, 0.15) is 0 Å². The van der Waals surface area contributed by atoms with Crippen molar-refractivity contribution in [3.63, 3.8) is 0 Å². The number of nitrogens with one attached hydrogen (secondary N) is 1. The molecular weight excluding hydrogens is 208 g/mol. The van der Waals surface area contributed by atoms with Crippen LogP contribution in [0.5, 0.6) is 0 Å². The van der Waals surface area contributed by atoms with Crippen LogP contribution in [0, 0.1) is 5.92 Å². The standard InChI is InChI=1S/C8H11F2N3S/c9-8(10)3-5(4-8)7(12-11)6-1-2-14-13-6/h1-2,5,7,12H,3-4,11H2. The van der Waals surface area contributed by atoms with Crippen LogP contribution in [0.3, 0.4) is 0 Å². The summed E-state index contributed by atoms with van der Waals surface area (Å²) in [6, 6.07) is 1.58. The maximum absolute atomic E-state index is 12.6. The Kier molecular flexibility index (Phi) is 2.50. The van der Waals surface area contributed by atoms with E-state index in [2.05, 4.69) is 9.80 Å². The monoisotopic (exact) mass is 219 g/mol. The van der Waals surface area contributed by atoms with Crippen molar-refractivity contribution in [2.75, 3.05) is 0 Å².